The highest BCUT2D eigenvalue weighted by molar-refractivity contribution is 7.27. The minimum absolute atomic E-state index is 0.948. The number of hydrogen-bond donors (Lipinski definition) is 0. The first kappa shape index (κ1) is 28.4. The Labute approximate surface area is 297 Å². The van der Waals surface area contributed by atoms with Crippen molar-refractivity contribution in [3.05, 3.63) is 176 Å². The zero-order valence-corrected chi connectivity index (χ0v) is 28.3. The largest absolute Gasteiger partial charge is 0.309 e. The fourth-order valence-electron chi connectivity index (χ4n) is 7.96. The van der Waals surface area contributed by atoms with Crippen molar-refractivity contribution in [2.24, 2.45) is 0 Å². The van der Waals surface area contributed by atoms with Gasteiger partial charge in [0.05, 0.1) is 16.7 Å². The number of hydrogen-bond acceptors (Lipinski definition) is 2. The van der Waals surface area contributed by atoms with Crippen LogP contribution in [0.25, 0.3) is 97.6 Å². The van der Waals surface area contributed by atoms with Crippen LogP contribution in [0.15, 0.2) is 176 Å². The Bertz CT molecular complexity index is 3080. The summed E-state index contributed by atoms with van der Waals surface area (Å²) >= 11 is 1.91. The van der Waals surface area contributed by atoms with Gasteiger partial charge < -0.3 is 8.97 Å². The maximum Gasteiger partial charge on any atom is 0.137 e. The fourth-order valence-corrected chi connectivity index (χ4v) is 9.24. The summed E-state index contributed by atoms with van der Waals surface area (Å²) in [6.45, 7) is 0. The molecule has 238 valence electrons. The molecule has 4 heteroatoms. The molecular weight excluding hydrogens is 639 g/mol. The zero-order chi connectivity index (χ0) is 33.5. The molecule has 0 aliphatic heterocycles. The van der Waals surface area contributed by atoms with Crippen molar-refractivity contribution < 1.29 is 0 Å². The van der Waals surface area contributed by atoms with Crippen LogP contribution in [-0.4, -0.2) is 14.0 Å². The summed E-state index contributed by atoms with van der Waals surface area (Å²) in [7, 11) is 0. The maximum absolute atomic E-state index is 4.89. The summed E-state index contributed by atoms with van der Waals surface area (Å²) < 4.78 is 7.21. The lowest BCUT2D eigenvalue weighted by Gasteiger charge is -2.12. The van der Waals surface area contributed by atoms with Crippen LogP contribution in [0.3, 0.4) is 0 Å². The van der Waals surface area contributed by atoms with Crippen molar-refractivity contribution in [2.75, 3.05) is 0 Å². The van der Waals surface area contributed by atoms with Crippen molar-refractivity contribution in [3.63, 3.8) is 0 Å². The smallest absolute Gasteiger partial charge is 0.137 e. The van der Waals surface area contributed by atoms with Gasteiger partial charge in [0.15, 0.2) is 0 Å². The Morgan fingerprint density at radius 2 is 1.12 bits per heavy atom. The molecule has 0 N–H and O–H groups in total. The molecule has 0 bridgehead atoms. The lowest BCUT2D eigenvalue weighted by atomic mass is 9.97. The molecule has 3 nitrogen and oxygen atoms in total. The van der Waals surface area contributed by atoms with E-state index in [1.165, 1.54) is 75.0 Å². The summed E-state index contributed by atoms with van der Waals surface area (Å²) in [5.74, 6) is 0. The average Bonchev–Trinajstić information content (AvgIpc) is 3.91. The van der Waals surface area contributed by atoms with Crippen molar-refractivity contribution in [3.8, 4) is 39.2 Å². The topological polar surface area (TPSA) is 22.2 Å². The van der Waals surface area contributed by atoms with Crippen LogP contribution in [0.4, 0.5) is 0 Å². The highest BCUT2D eigenvalue weighted by Crippen LogP contribution is 2.48. The molecule has 51 heavy (non-hydrogen) atoms. The van der Waals surface area contributed by atoms with Crippen LogP contribution >= 0.6 is 11.3 Å². The van der Waals surface area contributed by atoms with E-state index in [0.717, 1.165) is 22.6 Å². The molecule has 0 fully saturated rings. The van der Waals surface area contributed by atoms with Gasteiger partial charge in [0, 0.05) is 60.0 Å². The van der Waals surface area contributed by atoms with Crippen LogP contribution in [0.1, 0.15) is 0 Å². The lowest BCUT2D eigenvalue weighted by molar-refractivity contribution is 1.18. The summed E-state index contributed by atoms with van der Waals surface area (Å²) in [6, 6.07) is 59.4. The van der Waals surface area contributed by atoms with E-state index in [4.69, 9.17) is 4.98 Å². The fraction of sp³-hybridized carbons (Fsp3) is 0. The van der Waals surface area contributed by atoms with Crippen molar-refractivity contribution in [2.45, 2.75) is 0 Å². The first-order valence-electron chi connectivity index (χ1n) is 17.3. The van der Waals surface area contributed by atoms with Crippen LogP contribution in [0.2, 0.25) is 0 Å². The number of imidazole rings is 1. The van der Waals surface area contributed by atoms with Gasteiger partial charge in [-0.1, -0.05) is 121 Å². The molecule has 0 aliphatic carbocycles. The van der Waals surface area contributed by atoms with Gasteiger partial charge in [0.1, 0.15) is 5.65 Å². The second kappa shape index (κ2) is 11.0. The molecular formula is C47H29N3S. The average molecular weight is 668 g/mol. The molecule has 0 amide bonds. The monoisotopic (exact) mass is 667 g/mol. The van der Waals surface area contributed by atoms with Gasteiger partial charge in [-0.15, -0.1) is 11.3 Å². The molecule has 0 saturated carbocycles. The van der Waals surface area contributed by atoms with E-state index in [1.807, 2.05) is 35.7 Å². The summed E-state index contributed by atoms with van der Waals surface area (Å²) in [4.78, 5) is 4.89. The number of benzene rings is 7. The standard InChI is InChI=1S/C47H29N3S/c1-2-10-30(11-3-1)31-17-19-32(20-18-31)34-23-26-41-39(28-34)45-46(37-13-5-4-12-36(37)44-38-14-6-7-15-42(38)51-47(44)45)50(41)35-24-21-33(22-25-35)40-29-49-27-9-8-16-43(49)48-40/h1-29H. The SMILES string of the molecule is c1ccc(-c2ccc(-c3ccc4c(c3)c3c5sc6ccccc6c5c5ccccc5c3n4-c3ccc(-c4cn5ccccc5n4)cc3)cc2)cc1. The predicted octanol–water partition coefficient (Wildman–Crippen LogP) is 13.0. The summed E-state index contributed by atoms with van der Waals surface area (Å²) in [6.07, 6.45) is 4.15. The third kappa shape index (κ3) is 4.33. The van der Waals surface area contributed by atoms with Crippen LogP contribution in [-0.2, 0) is 0 Å². The molecule has 0 unspecified atom stereocenters. The first-order chi connectivity index (χ1) is 25.3. The molecule has 0 radical (unpaired) electrons. The van der Waals surface area contributed by atoms with E-state index in [9.17, 15) is 0 Å². The molecule has 4 aromatic heterocycles. The Balaban J connectivity index is 1.18. The third-order valence-corrected chi connectivity index (χ3v) is 11.5. The second-order valence-electron chi connectivity index (χ2n) is 13.2. The van der Waals surface area contributed by atoms with Crippen molar-refractivity contribution in [1.29, 1.82) is 0 Å². The van der Waals surface area contributed by atoms with E-state index in [2.05, 4.69) is 161 Å². The molecule has 11 aromatic rings. The molecule has 11 rings (SSSR count). The van der Waals surface area contributed by atoms with Crippen molar-refractivity contribution >= 4 is 69.7 Å². The van der Waals surface area contributed by atoms with E-state index in [1.54, 1.807) is 0 Å². The van der Waals surface area contributed by atoms with Gasteiger partial charge in [-0.2, -0.15) is 0 Å². The number of aromatic nitrogens is 3. The third-order valence-electron chi connectivity index (χ3n) is 10.4. The number of rotatable bonds is 4. The Kier molecular flexibility index (Phi) is 6.12. The molecule has 0 spiro atoms. The maximum atomic E-state index is 4.89. The summed E-state index contributed by atoms with van der Waals surface area (Å²) in [5.41, 5.74) is 11.5. The van der Waals surface area contributed by atoms with Crippen LogP contribution in [0, 0.1) is 0 Å². The number of pyridine rings is 1. The van der Waals surface area contributed by atoms with Gasteiger partial charge in [0.25, 0.3) is 0 Å². The predicted molar refractivity (Wildman–Crippen MR) is 216 cm³/mol. The minimum atomic E-state index is 0.948. The van der Waals surface area contributed by atoms with Gasteiger partial charge in [-0.3, -0.25) is 0 Å². The molecule has 7 aromatic carbocycles. The number of fused-ring (bicyclic) bond motifs is 11. The van der Waals surface area contributed by atoms with E-state index in [-0.39, 0.29) is 0 Å². The van der Waals surface area contributed by atoms with Gasteiger partial charge in [-0.25, -0.2) is 4.98 Å². The summed E-state index contributed by atoms with van der Waals surface area (Å²) in [5, 5.41) is 7.80. The Morgan fingerprint density at radius 1 is 0.471 bits per heavy atom. The van der Waals surface area contributed by atoms with Crippen molar-refractivity contribution in [1.82, 2.24) is 14.0 Å². The van der Waals surface area contributed by atoms with Gasteiger partial charge in [-0.05, 0) is 70.1 Å². The first-order valence-corrected chi connectivity index (χ1v) is 18.1. The van der Waals surface area contributed by atoms with Crippen LogP contribution in [0.5, 0.6) is 0 Å². The second-order valence-corrected chi connectivity index (χ2v) is 14.3. The normalized spacial score (nSPS) is 11.9. The minimum Gasteiger partial charge on any atom is -0.309 e. The molecule has 0 saturated heterocycles. The lowest BCUT2D eigenvalue weighted by Crippen LogP contribution is -1.95. The number of thiophene rings is 1. The molecule has 0 atom stereocenters. The zero-order valence-electron chi connectivity index (χ0n) is 27.5. The van der Waals surface area contributed by atoms with Gasteiger partial charge in [0.2, 0.25) is 0 Å². The van der Waals surface area contributed by atoms with Crippen LogP contribution < -0.4 is 0 Å². The van der Waals surface area contributed by atoms with E-state index >= 15 is 0 Å². The highest BCUT2D eigenvalue weighted by atomic mass is 32.1. The molecule has 4 heterocycles. The number of nitrogens with zero attached hydrogens (tertiary/aromatic N) is 3. The molecule has 0 aliphatic rings. The van der Waals surface area contributed by atoms with E-state index in [0.29, 0.717) is 0 Å². The Hall–Kier alpha value is -6.49. The van der Waals surface area contributed by atoms with E-state index < -0.39 is 0 Å². The Morgan fingerprint density at radius 3 is 1.92 bits per heavy atom. The quantitative estimate of drug-likeness (QED) is 0.183. The van der Waals surface area contributed by atoms with Gasteiger partial charge >= 0.3 is 0 Å². The highest BCUT2D eigenvalue weighted by Gasteiger charge is 2.22.